The number of anilines is 1. The van der Waals surface area contributed by atoms with Gasteiger partial charge in [0.15, 0.2) is 5.96 Å². The molecule has 142 valence electrons. The monoisotopic (exact) mass is 383 g/mol. The number of hydrogen-bond donors (Lipinski definition) is 2. The molecule has 2 N–H and O–H groups in total. The first-order chi connectivity index (χ1) is 13.2. The van der Waals surface area contributed by atoms with Crippen LogP contribution in [0.1, 0.15) is 30.7 Å². The van der Waals surface area contributed by atoms with Crippen molar-refractivity contribution in [1.29, 1.82) is 0 Å². The molecule has 27 heavy (non-hydrogen) atoms. The van der Waals surface area contributed by atoms with E-state index in [-0.39, 0.29) is 0 Å². The SMILES string of the molecule is CN=C(NC1CCN(c2ccccn2)CC1)NC1CC1c1cccc(Cl)c1. The van der Waals surface area contributed by atoms with Gasteiger partial charge >= 0.3 is 0 Å². The van der Waals surface area contributed by atoms with Crippen LogP contribution in [0.2, 0.25) is 5.02 Å². The summed E-state index contributed by atoms with van der Waals surface area (Å²) in [6.07, 6.45) is 5.15. The van der Waals surface area contributed by atoms with Crippen molar-refractivity contribution in [2.75, 3.05) is 25.0 Å². The first-order valence-electron chi connectivity index (χ1n) is 9.64. The van der Waals surface area contributed by atoms with Gasteiger partial charge in [-0.3, -0.25) is 4.99 Å². The first-order valence-corrected chi connectivity index (χ1v) is 10.0. The second-order valence-corrected chi connectivity index (χ2v) is 7.75. The van der Waals surface area contributed by atoms with E-state index in [2.05, 4.69) is 43.7 Å². The van der Waals surface area contributed by atoms with Gasteiger partial charge in [0.25, 0.3) is 0 Å². The normalized spacial score (nSPS) is 23.2. The number of halogens is 1. The standard InChI is InChI=1S/C21H26ClN5/c1-23-21(26-19-14-18(19)15-5-4-6-16(22)13-15)25-17-8-11-27(12-9-17)20-7-2-3-10-24-20/h2-7,10,13,17-19H,8-9,11-12,14H2,1H3,(H2,23,25,26). The Morgan fingerprint density at radius 3 is 2.70 bits per heavy atom. The average molecular weight is 384 g/mol. The third-order valence-corrected chi connectivity index (χ3v) is 5.66. The van der Waals surface area contributed by atoms with Gasteiger partial charge in [-0.15, -0.1) is 0 Å². The van der Waals surface area contributed by atoms with E-state index < -0.39 is 0 Å². The molecule has 1 saturated carbocycles. The van der Waals surface area contributed by atoms with E-state index in [9.17, 15) is 0 Å². The van der Waals surface area contributed by atoms with Crippen LogP contribution in [0.25, 0.3) is 0 Å². The molecule has 6 heteroatoms. The largest absolute Gasteiger partial charge is 0.356 e. The summed E-state index contributed by atoms with van der Waals surface area (Å²) in [5, 5.41) is 7.97. The Morgan fingerprint density at radius 2 is 2.00 bits per heavy atom. The lowest BCUT2D eigenvalue weighted by Gasteiger charge is -2.33. The van der Waals surface area contributed by atoms with E-state index in [0.29, 0.717) is 18.0 Å². The Hall–Kier alpha value is -2.27. The fraction of sp³-hybridized carbons (Fsp3) is 0.429. The van der Waals surface area contributed by atoms with Crippen LogP contribution >= 0.6 is 11.6 Å². The van der Waals surface area contributed by atoms with E-state index in [4.69, 9.17) is 11.6 Å². The quantitative estimate of drug-likeness (QED) is 0.627. The number of aliphatic imine (C=N–C) groups is 1. The van der Waals surface area contributed by atoms with E-state index in [1.54, 1.807) is 0 Å². The number of aromatic nitrogens is 1. The molecule has 5 nitrogen and oxygen atoms in total. The molecule has 0 amide bonds. The molecule has 1 aliphatic heterocycles. The number of piperidine rings is 1. The van der Waals surface area contributed by atoms with Gasteiger partial charge in [-0.25, -0.2) is 4.98 Å². The van der Waals surface area contributed by atoms with Crippen molar-refractivity contribution < 1.29 is 0 Å². The molecule has 0 radical (unpaired) electrons. The molecule has 0 bridgehead atoms. The van der Waals surface area contributed by atoms with Crippen LogP contribution in [0.15, 0.2) is 53.7 Å². The lowest BCUT2D eigenvalue weighted by molar-refractivity contribution is 0.459. The van der Waals surface area contributed by atoms with Crippen LogP contribution in [0.3, 0.4) is 0 Å². The summed E-state index contributed by atoms with van der Waals surface area (Å²) in [7, 11) is 1.84. The van der Waals surface area contributed by atoms with Crippen molar-refractivity contribution in [3.63, 3.8) is 0 Å². The van der Waals surface area contributed by atoms with Gasteiger partial charge in [0.1, 0.15) is 5.82 Å². The molecule has 4 rings (SSSR count). The molecule has 1 aromatic heterocycles. The summed E-state index contributed by atoms with van der Waals surface area (Å²) in [6.45, 7) is 2.03. The Morgan fingerprint density at radius 1 is 1.15 bits per heavy atom. The molecule has 2 aromatic rings. The maximum Gasteiger partial charge on any atom is 0.191 e. The van der Waals surface area contributed by atoms with E-state index in [0.717, 1.165) is 49.2 Å². The molecular weight excluding hydrogens is 358 g/mol. The number of rotatable bonds is 4. The third-order valence-electron chi connectivity index (χ3n) is 5.42. The summed E-state index contributed by atoms with van der Waals surface area (Å²) in [5.74, 6) is 2.50. The predicted molar refractivity (Wildman–Crippen MR) is 112 cm³/mol. The molecule has 2 unspecified atom stereocenters. The number of pyridine rings is 1. The Balaban J connectivity index is 1.26. The second kappa shape index (κ2) is 8.17. The van der Waals surface area contributed by atoms with Crippen molar-refractivity contribution in [2.24, 2.45) is 4.99 Å². The molecule has 1 aromatic carbocycles. The fourth-order valence-corrected chi connectivity index (χ4v) is 3.99. The fourth-order valence-electron chi connectivity index (χ4n) is 3.79. The molecule has 1 saturated heterocycles. The van der Waals surface area contributed by atoms with Crippen LogP contribution in [0, 0.1) is 0 Å². The summed E-state index contributed by atoms with van der Waals surface area (Å²) >= 11 is 6.12. The zero-order chi connectivity index (χ0) is 18.6. The smallest absolute Gasteiger partial charge is 0.191 e. The molecule has 2 heterocycles. The Bertz CT molecular complexity index is 786. The topological polar surface area (TPSA) is 52.6 Å². The van der Waals surface area contributed by atoms with Crippen LogP contribution in [0.5, 0.6) is 0 Å². The number of guanidine groups is 1. The number of benzene rings is 1. The Labute approximate surface area is 165 Å². The summed E-state index contributed by atoms with van der Waals surface area (Å²) in [4.78, 5) is 11.2. The van der Waals surface area contributed by atoms with Crippen molar-refractivity contribution in [3.8, 4) is 0 Å². The van der Waals surface area contributed by atoms with Crippen LogP contribution in [0.4, 0.5) is 5.82 Å². The maximum atomic E-state index is 6.12. The summed E-state index contributed by atoms with van der Waals surface area (Å²) in [5.41, 5.74) is 1.30. The highest BCUT2D eigenvalue weighted by molar-refractivity contribution is 6.30. The van der Waals surface area contributed by atoms with Crippen LogP contribution in [-0.2, 0) is 0 Å². The minimum absolute atomic E-state index is 0.434. The van der Waals surface area contributed by atoms with Gasteiger partial charge in [-0.1, -0.05) is 29.8 Å². The third kappa shape index (κ3) is 4.53. The highest BCUT2D eigenvalue weighted by atomic mass is 35.5. The Kier molecular flexibility index (Phi) is 5.48. The number of nitrogens with one attached hydrogen (secondary N) is 2. The van der Waals surface area contributed by atoms with Crippen molar-refractivity contribution in [3.05, 3.63) is 59.2 Å². The van der Waals surface area contributed by atoms with Gasteiger partial charge in [0.05, 0.1) is 0 Å². The zero-order valence-corrected chi connectivity index (χ0v) is 16.4. The van der Waals surface area contributed by atoms with Gasteiger partial charge < -0.3 is 15.5 Å². The van der Waals surface area contributed by atoms with E-state index in [1.807, 2.05) is 37.5 Å². The van der Waals surface area contributed by atoms with Gasteiger partial charge in [-0.05, 0) is 49.1 Å². The highest BCUT2D eigenvalue weighted by Crippen LogP contribution is 2.41. The highest BCUT2D eigenvalue weighted by Gasteiger charge is 2.39. The molecule has 2 atom stereocenters. The average Bonchev–Trinajstić information content (AvgIpc) is 3.48. The number of nitrogens with zero attached hydrogens (tertiary/aromatic N) is 3. The molecule has 1 aliphatic carbocycles. The summed E-state index contributed by atoms with van der Waals surface area (Å²) in [6, 6.07) is 15.1. The predicted octanol–water partition coefficient (Wildman–Crippen LogP) is 3.42. The molecule has 2 aliphatic rings. The minimum Gasteiger partial charge on any atom is -0.356 e. The van der Waals surface area contributed by atoms with Crippen molar-refractivity contribution in [1.82, 2.24) is 15.6 Å². The van der Waals surface area contributed by atoms with Crippen molar-refractivity contribution >= 4 is 23.4 Å². The minimum atomic E-state index is 0.434. The van der Waals surface area contributed by atoms with Crippen molar-refractivity contribution in [2.45, 2.75) is 37.3 Å². The first kappa shape index (κ1) is 18.1. The van der Waals surface area contributed by atoms with Crippen LogP contribution in [-0.4, -0.2) is 43.2 Å². The molecule has 0 spiro atoms. The lowest BCUT2D eigenvalue weighted by atomic mass is 10.1. The van der Waals surface area contributed by atoms with E-state index in [1.165, 1.54) is 5.56 Å². The molecular formula is C21H26ClN5. The van der Waals surface area contributed by atoms with Gasteiger partial charge in [0, 0.05) is 49.4 Å². The molecule has 2 fully saturated rings. The summed E-state index contributed by atoms with van der Waals surface area (Å²) < 4.78 is 0. The zero-order valence-electron chi connectivity index (χ0n) is 15.6. The van der Waals surface area contributed by atoms with Gasteiger partial charge in [0.2, 0.25) is 0 Å². The van der Waals surface area contributed by atoms with Gasteiger partial charge in [-0.2, -0.15) is 0 Å². The van der Waals surface area contributed by atoms with Crippen LogP contribution < -0.4 is 15.5 Å². The number of hydrogen-bond acceptors (Lipinski definition) is 3. The lowest BCUT2D eigenvalue weighted by Crippen LogP contribution is -2.49. The maximum absolute atomic E-state index is 6.12. The van der Waals surface area contributed by atoms with E-state index >= 15 is 0 Å². The second-order valence-electron chi connectivity index (χ2n) is 7.31.